The number of thiol groups is 1. The standard InChI is InChI=1S/C25H25N3O3S/c1-16-6-5-7-17(12-16)13-23(29)28-22-11-10-19(27-25(31)21(26)15-32)14-20(22)24(30)18-8-3-2-4-9-18/h2-12,14,21,32H,13,15,26H2,1H3,(H,27,31)(H,28,29)/t21-/m0/s1. The SMILES string of the molecule is Cc1cccc(CC(=O)Nc2ccc(NC(=O)[C@@H](N)CS)cc2C(=O)c2ccccc2)c1. The van der Waals surface area contributed by atoms with E-state index in [0.717, 1.165) is 11.1 Å². The Hall–Kier alpha value is -3.42. The minimum absolute atomic E-state index is 0.177. The van der Waals surface area contributed by atoms with Crippen molar-refractivity contribution >= 4 is 41.6 Å². The highest BCUT2D eigenvalue weighted by atomic mass is 32.1. The maximum absolute atomic E-state index is 13.2. The molecule has 0 fully saturated rings. The van der Waals surface area contributed by atoms with Crippen molar-refractivity contribution in [2.24, 2.45) is 5.73 Å². The molecule has 0 saturated heterocycles. The molecule has 3 rings (SSSR count). The van der Waals surface area contributed by atoms with Gasteiger partial charge in [-0.1, -0.05) is 60.2 Å². The highest BCUT2D eigenvalue weighted by molar-refractivity contribution is 7.80. The van der Waals surface area contributed by atoms with Gasteiger partial charge in [-0.25, -0.2) is 0 Å². The third kappa shape index (κ3) is 6.06. The number of carbonyl (C=O) groups is 3. The highest BCUT2D eigenvalue weighted by Gasteiger charge is 2.18. The number of benzene rings is 3. The Balaban J connectivity index is 1.89. The molecule has 0 aliphatic rings. The third-order valence-electron chi connectivity index (χ3n) is 4.82. The minimum Gasteiger partial charge on any atom is -0.325 e. The summed E-state index contributed by atoms with van der Waals surface area (Å²) in [4.78, 5) is 38.0. The Morgan fingerprint density at radius 2 is 1.69 bits per heavy atom. The van der Waals surface area contributed by atoms with Crippen molar-refractivity contribution in [2.45, 2.75) is 19.4 Å². The zero-order valence-electron chi connectivity index (χ0n) is 17.7. The van der Waals surface area contributed by atoms with Gasteiger partial charge in [-0.05, 0) is 30.7 Å². The lowest BCUT2D eigenvalue weighted by molar-refractivity contribution is -0.117. The van der Waals surface area contributed by atoms with Gasteiger partial charge in [-0.2, -0.15) is 12.6 Å². The van der Waals surface area contributed by atoms with Gasteiger partial charge in [0.05, 0.1) is 18.2 Å². The van der Waals surface area contributed by atoms with Crippen molar-refractivity contribution in [1.82, 2.24) is 0 Å². The summed E-state index contributed by atoms with van der Waals surface area (Å²) >= 11 is 4.04. The van der Waals surface area contributed by atoms with Crippen molar-refractivity contribution < 1.29 is 14.4 Å². The number of ketones is 1. The molecule has 4 N–H and O–H groups in total. The molecular weight excluding hydrogens is 422 g/mol. The van der Waals surface area contributed by atoms with Crippen LogP contribution in [-0.4, -0.2) is 29.4 Å². The molecule has 0 aliphatic carbocycles. The number of carbonyl (C=O) groups excluding carboxylic acids is 3. The molecule has 1 atom stereocenters. The van der Waals surface area contributed by atoms with E-state index < -0.39 is 11.9 Å². The average Bonchev–Trinajstić information content (AvgIpc) is 2.79. The predicted octanol–water partition coefficient (Wildman–Crippen LogP) is 3.60. The molecule has 3 aromatic rings. The second kappa shape index (κ2) is 10.7. The summed E-state index contributed by atoms with van der Waals surface area (Å²) < 4.78 is 0. The largest absolute Gasteiger partial charge is 0.325 e. The summed E-state index contributed by atoms with van der Waals surface area (Å²) in [5, 5.41) is 5.52. The van der Waals surface area contributed by atoms with Gasteiger partial charge in [-0.15, -0.1) is 0 Å². The van der Waals surface area contributed by atoms with E-state index in [1.807, 2.05) is 37.3 Å². The van der Waals surface area contributed by atoms with Crippen LogP contribution in [0.25, 0.3) is 0 Å². The second-order valence-corrected chi connectivity index (χ2v) is 7.81. The van der Waals surface area contributed by atoms with Crippen LogP contribution in [0.15, 0.2) is 72.8 Å². The number of aryl methyl sites for hydroxylation is 1. The molecule has 2 amide bonds. The molecule has 0 heterocycles. The first-order chi connectivity index (χ1) is 15.4. The molecule has 0 aliphatic heterocycles. The Morgan fingerprint density at radius 1 is 0.938 bits per heavy atom. The summed E-state index contributed by atoms with van der Waals surface area (Å²) in [6.07, 6.45) is 0.177. The van der Waals surface area contributed by atoms with Gasteiger partial charge in [-0.3, -0.25) is 14.4 Å². The van der Waals surface area contributed by atoms with Crippen molar-refractivity contribution in [3.63, 3.8) is 0 Å². The first-order valence-corrected chi connectivity index (χ1v) is 10.8. The molecule has 0 radical (unpaired) electrons. The molecule has 32 heavy (non-hydrogen) atoms. The number of anilines is 2. The maximum atomic E-state index is 13.2. The van der Waals surface area contributed by atoms with Gasteiger partial charge in [0.15, 0.2) is 5.78 Å². The lowest BCUT2D eigenvalue weighted by atomic mass is 10.0. The summed E-state index contributed by atoms with van der Waals surface area (Å²) in [5.74, 6) is -0.735. The first kappa shape index (κ1) is 23.2. The average molecular weight is 448 g/mol. The molecule has 3 aromatic carbocycles. The molecule has 0 spiro atoms. The van der Waals surface area contributed by atoms with Gasteiger partial charge in [0.2, 0.25) is 11.8 Å². The zero-order chi connectivity index (χ0) is 23.1. The van der Waals surface area contributed by atoms with E-state index in [1.54, 1.807) is 42.5 Å². The van der Waals surface area contributed by atoms with Crippen LogP contribution in [0.2, 0.25) is 0 Å². The van der Waals surface area contributed by atoms with Gasteiger partial charge in [0.1, 0.15) is 0 Å². The van der Waals surface area contributed by atoms with E-state index in [0.29, 0.717) is 16.9 Å². The van der Waals surface area contributed by atoms with Gasteiger partial charge >= 0.3 is 0 Å². The molecule has 0 unspecified atom stereocenters. The van der Waals surface area contributed by atoms with Crippen LogP contribution < -0.4 is 16.4 Å². The van der Waals surface area contributed by atoms with E-state index in [-0.39, 0.29) is 29.4 Å². The monoisotopic (exact) mass is 447 g/mol. The van der Waals surface area contributed by atoms with Crippen molar-refractivity contribution in [3.05, 3.63) is 95.1 Å². The molecule has 164 valence electrons. The quantitative estimate of drug-likeness (QED) is 0.313. The Labute approximate surface area is 192 Å². The Morgan fingerprint density at radius 3 is 2.38 bits per heavy atom. The van der Waals surface area contributed by atoms with Crippen molar-refractivity contribution in [2.75, 3.05) is 16.4 Å². The van der Waals surface area contributed by atoms with E-state index in [2.05, 4.69) is 23.3 Å². The molecule has 7 heteroatoms. The summed E-state index contributed by atoms with van der Waals surface area (Å²) in [6.45, 7) is 1.96. The van der Waals surface area contributed by atoms with E-state index >= 15 is 0 Å². The molecule has 0 bridgehead atoms. The highest BCUT2D eigenvalue weighted by Crippen LogP contribution is 2.24. The van der Waals surface area contributed by atoms with Gasteiger partial charge < -0.3 is 16.4 Å². The van der Waals surface area contributed by atoms with Crippen LogP contribution in [0.3, 0.4) is 0 Å². The fourth-order valence-electron chi connectivity index (χ4n) is 3.18. The van der Waals surface area contributed by atoms with Crippen LogP contribution >= 0.6 is 12.6 Å². The van der Waals surface area contributed by atoms with E-state index in [1.165, 1.54) is 0 Å². The third-order valence-corrected chi connectivity index (χ3v) is 5.22. The van der Waals surface area contributed by atoms with Gasteiger partial charge in [0.25, 0.3) is 0 Å². The minimum atomic E-state index is -0.777. The van der Waals surface area contributed by atoms with Crippen LogP contribution in [0.1, 0.15) is 27.0 Å². The Bertz CT molecular complexity index is 1130. The summed E-state index contributed by atoms with van der Waals surface area (Å²) in [7, 11) is 0. The van der Waals surface area contributed by atoms with Crippen molar-refractivity contribution in [1.29, 1.82) is 0 Å². The topological polar surface area (TPSA) is 101 Å². The van der Waals surface area contributed by atoms with Gasteiger partial charge in [0, 0.05) is 22.6 Å². The molecule has 6 nitrogen and oxygen atoms in total. The van der Waals surface area contributed by atoms with Crippen molar-refractivity contribution in [3.8, 4) is 0 Å². The Kier molecular flexibility index (Phi) is 7.81. The smallest absolute Gasteiger partial charge is 0.242 e. The second-order valence-electron chi connectivity index (χ2n) is 7.45. The number of hydrogen-bond acceptors (Lipinski definition) is 5. The zero-order valence-corrected chi connectivity index (χ0v) is 18.6. The summed E-state index contributed by atoms with van der Waals surface area (Å²) in [6, 6.07) is 20.4. The fourth-order valence-corrected chi connectivity index (χ4v) is 3.35. The lowest BCUT2D eigenvalue weighted by Gasteiger charge is -2.15. The first-order valence-electron chi connectivity index (χ1n) is 10.1. The molecule has 0 saturated carbocycles. The number of hydrogen-bond donors (Lipinski definition) is 4. The molecular formula is C25H25N3O3S. The number of rotatable bonds is 8. The summed E-state index contributed by atoms with van der Waals surface area (Å²) in [5.41, 5.74) is 9.18. The van der Waals surface area contributed by atoms with E-state index in [4.69, 9.17) is 5.73 Å². The van der Waals surface area contributed by atoms with Crippen LogP contribution in [-0.2, 0) is 16.0 Å². The number of nitrogens with two attached hydrogens (primary N) is 1. The number of amides is 2. The van der Waals surface area contributed by atoms with E-state index in [9.17, 15) is 14.4 Å². The van der Waals surface area contributed by atoms with Crippen LogP contribution in [0, 0.1) is 6.92 Å². The van der Waals surface area contributed by atoms with Crippen LogP contribution in [0.4, 0.5) is 11.4 Å². The normalized spacial score (nSPS) is 11.5. The maximum Gasteiger partial charge on any atom is 0.242 e. The van der Waals surface area contributed by atoms with Crippen LogP contribution in [0.5, 0.6) is 0 Å². The molecule has 0 aromatic heterocycles. The number of nitrogens with one attached hydrogen (secondary N) is 2. The fraction of sp³-hybridized carbons (Fsp3) is 0.160. The predicted molar refractivity (Wildman–Crippen MR) is 130 cm³/mol. The lowest BCUT2D eigenvalue weighted by Crippen LogP contribution is -2.37.